The highest BCUT2D eigenvalue weighted by Crippen LogP contribution is 2.31. The maximum absolute atomic E-state index is 12.7. The highest BCUT2D eigenvalue weighted by Gasteiger charge is 2.24. The molecule has 14 heteroatoms. The molecule has 0 bridgehead atoms. The molecule has 4 aromatic rings. The minimum Gasteiger partial charge on any atom is -0.483 e. The van der Waals surface area contributed by atoms with Gasteiger partial charge in [0.05, 0.1) is 17.8 Å². The molecule has 44 heavy (non-hydrogen) atoms. The number of carboxylic acid groups (broad SMARTS) is 1. The summed E-state index contributed by atoms with van der Waals surface area (Å²) < 4.78 is 1.61. The second-order valence-corrected chi connectivity index (χ2v) is 11.1. The number of carbonyl (C=O) groups is 2. The lowest BCUT2D eigenvalue weighted by molar-refractivity contribution is -0.129. The number of hydrogen-bond acceptors (Lipinski definition) is 10. The quantitative estimate of drug-likeness (QED) is 0.243. The van der Waals surface area contributed by atoms with Gasteiger partial charge in [-0.05, 0) is 49.9 Å². The van der Waals surface area contributed by atoms with E-state index in [9.17, 15) is 9.59 Å². The van der Waals surface area contributed by atoms with Gasteiger partial charge in [-0.3, -0.25) is 14.4 Å². The Bertz CT molecular complexity index is 1660. The van der Waals surface area contributed by atoms with E-state index in [2.05, 4.69) is 30.5 Å². The van der Waals surface area contributed by atoms with Crippen LogP contribution in [0.2, 0.25) is 5.02 Å². The van der Waals surface area contributed by atoms with E-state index in [4.69, 9.17) is 26.5 Å². The Labute approximate surface area is 259 Å². The number of carbonyl (C=O) groups excluding carboxylic acids is 1. The summed E-state index contributed by atoms with van der Waals surface area (Å²) in [5.41, 5.74) is 2.09. The van der Waals surface area contributed by atoms with Gasteiger partial charge in [-0.15, -0.1) is 0 Å². The number of hydrogen-bond donors (Lipinski definition) is 3. The van der Waals surface area contributed by atoms with Crippen molar-refractivity contribution < 1.29 is 14.7 Å². The first-order valence-electron chi connectivity index (χ1n) is 14.1. The van der Waals surface area contributed by atoms with E-state index in [1.165, 1.54) is 0 Å². The molecule has 4 heterocycles. The third-order valence-electron chi connectivity index (χ3n) is 7.45. The molecule has 3 aromatic heterocycles. The molecule has 1 atom stereocenters. The van der Waals surface area contributed by atoms with Crippen molar-refractivity contribution in [3.05, 3.63) is 70.1 Å². The van der Waals surface area contributed by atoms with Gasteiger partial charge in [0, 0.05) is 75.9 Å². The lowest BCUT2D eigenvalue weighted by Gasteiger charge is -2.32. The number of amides is 1. The average Bonchev–Trinajstić information content (AvgIpc) is 3.02. The normalized spacial score (nSPS) is 13.9. The van der Waals surface area contributed by atoms with Crippen molar-refractivity contribution in [3.63, 3.8) is 0 Å². The average molecular weight is 622 g/mol. The summed E-state index contributed by atoms with van der Waals surface area (Å²) in [6, 6.07) is 8.87. The van der Waals surface area contributed by atoms with Crippen LogP contribution in [0.5, 0.6) is 0 Å². The van der Waals surface area contributed by atoms with Crippen LogP contribution < -0.4 is 21.1 Å². The number of nitrogens with one attached hydrogen (secondary N) is 2. The Morgan fingerprint density at radius 1 is 1.18 bits per heavy atom. The summed E-state index contributed by atoms with van der Waals surface area (Å²) in [4.78, 5) is 54.8. The van der Waals surface area contributed by atoms with E-state index in [-0.39, 0.29) is 24.0 Å². The van der Waals surface area contributed by atoms with E-state index in [0.29, 0.717) is 40.6 Å². The number of fused-ring (bicyclic) bond motifs is 1. The van der Waals surface area contributed by atoms with Crippen LogP contribution in [0.4, 0.5) is 23.1 Å². The standard InChI is InChI=1S/C29H34ClN9O2.CH2O2/c1-18(27-31-10-5-11-32-27)34-23-16-26(41)38(4)24-7-6-20(15-21(23)24)35-28-22(30)17-33-29(36-28)39-12-8-19(9-13-39)14-25(40)37(2)3;2-1-3/h5-7,10-11,15-19,34H,8-9,12-14H2,1-4H3,(H,33,35,36);1H,(H,2,3). The first kappa shape index (κ1) is 32.1. The zero-order chi connectivity index (χ0) is 31.8. The number of halogens is 1. The summed E-state index contributed by atoms with van der Waals surface area (Å²) in [5, 5.41) is 14.9. The van der Waals surface area contributed by atoms with Gasteiger partial charge >= 0.3 is 0 Å². The van der Waals surface area contributed by atoms with Crippen LogP contribution >= 0.6 is 11.6 Å². The van der Waals surface area contributed by atoms with E-state index >= 15 is 0 Å². The SMILES string of the molecule is CC(Nc1cc(=O)n(C)c2ccc(Nc3nc(N4CCC(CC(=O)N(C)C)CC4)ncc3Cl)cc12)c1ncccn1.O=CO. The summed E-state index contributed by atoms with van der Waals surface area (Å²) in [6.07, 6.45) is 7.36. The highest BCUT2D eigenvalue weighted by atomic mass is 35.5. The minimum atomic E-state index is -0.250. The molecule has 1 unspecified atom stereocenters. The van der Waals surface area contributed by atoms with Gasteiger partial charge in [-0.25, -0.2) is 15.0 Å². The second-order valence-electron chi connectivity index (χ2n) is 10.7. The lowest BCUT2D eigenvalue weighted by Crippen LogP contribution is -2.36. The zero-order valence-electron chi connectivity index (χ0n) is 25.1. The fraction of sp³-hybridized carbons (Fsp3) is 0.367. The van der Waals surface area contributed by atoms with Gasteiger partial charge in [-0.1, -0.05) is 11.6 Å². The fourth-order valence-corrected chi connectivity index (χ4v) is 5.13. The Morgan fingerprint density at radius 2 is 1.86 bits per heavy atom. The first-order chi connectivity index (χ1) is 21.1. The molecule has 13 nitrogen and oxygen atoms in total. The molecule has 0 radical (unpaired) electrons. The van der Waals surface area contributed by atoms with Gasteiger partial charge in [0.25, 0.3) is 12.0 Å². The van der Waals surface area contributed by atoms with Crippen molar-refractivity contribution in [1.29, 1.82) is 0 Å². The third-order valence-corrected chi connectivity index (χ3v) is 7.72. The van der Waals surface area contributed by atoms with Crippen LogP contribution in [0.25, 0.3) is 10.9 Å². The number of anilines is 4. The van der Waals surface area contributed by atoms with Crippen molar-refractivity contribution in [2.75, 3.05) is 42.7 Å². The third kappa shape index (κ3) is 7.78. The van der Waals surface area contributed by atoms with E-state index in [1.807, 2.05) is 25.1 Å². The van der Waals surface area contributed by atoms with Gasteiger partial charge < -0.3 is 30.1 Å². The molecule has 1 aliphatic heterocycles. The maximum atomic E-state index is 12.7. The molecule has 1 aromatic carbocycles. The predicted octanol–water partition coefficient (Wildman–Crippen LogP) is 4.08. The predicted molar refractivity (Wildman–Crippen MR) is 171 cm³/mol. The Morgan fingerprint density at radius 3 is 2.52 bits per heavy atom. The van der Waals surface area contributed by atoms with Gasteiger partial charge in [0.2, 0.25) is 11.9 Å². The monoisotopic (exact) mass is 621 g/mol. The molecule has 232 valence electrons. The molecule has 1 saturated heterocycles. The highest BCUT2D eigenvalue weighted by molar-refractivity contribution is 6.32. The molecule has 5 rings (SSSR count). The van der Waals surface area contributed by atoms with Crippen molar-refractivity contribution in [1.82, 2.24) is 29.4 Å². The number of piperidine rings is 1. The number of nitrogens with zero attached hydrogens (tertiary/aromatic N) is 7. The zero-order valence-corrected chi connectivity index (χ0v) is 25.8. The smallest absolute Gasteiger partial charge is 0.290 e. The Hall–Kier alpha value is -4.78. The topological polar surface area (TPSA) is 158 Å². The number of benzene rings is 1. The van der Waals surface area contributed by atoms with Crippen LogP contribution in [0.3, 0.4) is 0 Å². The molecule has 1 aliphatic rings. The fourth-order valence-electron chi connectivity index (χ4n) is 4.99. The molecule has 0 saturated carbocycles. The van der Waals surface area contributed by atoms with Gasteiger partial charge in [-0.2, -0.15) is 4.98 Å². The summed E-state index contributed by atoms with van der Waals surface area (Å²) in [5.74, 6) is 2.24. The van der Waals surface area contributed by atoms with Crippen molar-refractivity contribution in [2.45, 2.75) is 32.2 Å². The maximum Gasteiger partial charge on any atom is 0.290 e. The van der Waals surface area contributed by atoms with Crippen molar-refractivity contribution >= 4 is 58.0 Å². The lowest BCUT2D eigenvalue weighted by atomic mass is 9.93. The molecule has 3 N–H and O–H groups in total. The van der Waals surface area contributed by atoms with E-state index < -0.39 is 0 Å². The molecule has 0 aliphatic carbocycles. The van der Waals surface area contributed by atoms with Gasteiger partial charge in [0.15, 0.2) is 5.82 Å². The Kier molecular flexibility index (Phi) is 10.7. The van der Waals surface area contributed by atoms with Crippen LogP contribution in [-0.2, 0) is 16.6 Å². The van der Waals surface area contributed by atoms with Crippen LogP contribution in [-0.4, -0.2) is 74.1 Å². The minimum absolute atomic E-state index is 0.125. The van der Waals surface area contributed by atoms with Crippen molar-refractivity contribution in [3.8, 4) is 0 Å². The van der Waals surface area contributed by atoms with E-state index in [0.717, 1.165) is 42.5 Å². The molecular weight excluding hydrogens is 586 g/mol. The van der Waals surface area contributed by atoms with Gasteiger partial charge in [0.1, 0.15) is 10.8 Å². The molecule has 0 spiro atoms. The van der Waals surface area contributed by atoms with Crippen LogP contribution in [0.15, 0.2) is 53.7 Å². The van der Waals surface area contributed by atoms with E-state index in [1.54, 1.807) is 61.3 Å². The van der Waals surface area contributed by atoms with Crippen molar-refractivity contribution in [2.24, 2.45) is 13.0 Å². The molecular formula is C30H36ClN9O4. The molecule has 1 amide bonds. The number of aromatic nitrogens is 5. The number of pyridine rings is 1. The van der Waals surface area contributed by atoms with Crippen LogP contribution in [0, 0.1) is 5.92 Å². The summed E-state index contributed by atoms with van der Waals surface area (Å²) >= 11 is 6.51. The van der Waals surface area contributed by atoms with Crippen LogP contribution in [0.1, 0.15) is 38.1 Å². The second kappa shape index (κ2) is 14.6. The first-order valence-corrected chi connectivity index (χ1v) is 14.5. The summed E-state index contributed by atoms with van der Waals surface area (Å²) in [6.45, 7) is 3.25. The summed E-state index contributed by atoms with van der Waals surface area (Å²) in [7, 11) is 5.34. The number of aryl methyl sites for hydroxylation is 1. The largest absolute Gasteiger partial charge is 0.483 e. The Balaban J connectivity index is 0.00000141. The number of rotatable bonds is 8. The molecule has 1 fully saturated rings.